The van der Waals surface area contributed by atoms with Crippen LogP contribution in [0.15, 0.2) is 77.3 Å². The van der Waals surface area contributed by atoms with Crippen molar-refractivity contribution < 1.29 is 12.6 Å². The van der Waals surface area contributed by atoms with E-state index in [1.807, 2.05) is 36.4 Å². The van der Waals surface area contributed by atoms with Crippen LogP contribution in [0.2, 0.25) is 0 Å². The second-order valence-corrected chi connectivity index (χ2v) is 6.76. The number of furan rings is 1. The molecule has 136 valence electrons. The first-order chi connectivity index (χ1) is 16.1. The van der Waals surface area contributed by atoms with Gasteiger partial charge in [0.25, 0.3) is 0 Å². The molecule has 0 amide bonds. The van der Waals surface area contributed by atoms with Crippen molar-refractivity contribution >= 4 is 22.1 Å². The van der Waals surface area contributed by atoms with E-state index in [1.54, 1.807) is 30.5 Å². The lowest BCUT2D eigenvalue weighted by Crippen LogP contribution is -1.92. The van der Waals surface area contributed by atoms with Crippen molar-refractivity contribution in [3.8, 4) is 11.3 Å². The lowest BCUT2D eigenvalue weighted by Gasteiger charge is -2.06. The molecule has 0 bridgehead atoms. The molecule has 0 N–H and O–H groups in total. The highest BCUT2D eigenvalue weighted by Gasteiger charge is 2.14. The van der Waals surface area contributed by atoms with Crippen LogP contribution in [0.5, 0.6) is 0 Å². The number of para-hydroxylation sites is 1. The van der Waals surface area contributed by atoms with Crippen molar-refractivity contribution in [3.63, 3.8) is 0 Å². The lowest BCUT2D eigenvalue weighted by molar-refractivity contribution is 0.653. The Kier molecular flexibility index (Phi) is 2.69. The van der Waals surface area contributed by atoms with Gasteiger partial charge in [-0.15, -0.1) is 0 Å². The van der Waals surface area contributed by atoms with Crippen LogP contribution in [0.4, 0.5) is 0 Å². The minimum Gasteiger partial charge on any atom is -0.437 e. The maximum absolute atomic E-state index is 7.64. The molecule has 3 aromatic heterocycles. The fraction of sp³-hybridized carbons (Fsp3) is 0.120. The molecule has 3 heteroatoms. The zero-order chi connectivity index (χ0) is 24.1. The Morgan fingerprint density at radius 2 is 1.82 bits per heavy atom. The summed E-state index contributed by atoms with van der Waals surface area (Å²) in [5, 5.41) is 1.57. The number of rotatable bonds is 3. The molecule has 0 aliphatic heterocycles. The highest BCUT2D eigenvalue weighted by atomic mass is 16.3. The van der Waals surface area contributed by atoms with Crippen LogP contribution in [-0.2, 0) is 6.42 Å². The van der Waals surface area contributed by atoms with E-state index >= 15 is 0 Å². The van der Waals surface area contributed by atoms with E-state index in [9.17, 15) is 0 Å². The summed E-state index contributed by atoms with van der Waals surface area (Å²) in [6.45, 7) is -4.47. The SMILES string of the molecule is [2H]C([2H])([2H])c1cccc(Cc2ccnc(-c3cccc4c3oc3nc(C([2H])([2H])[2H])ccc34)c2)c1. The standard InChI is InChI=1S/C25H20N2O/c1-16-5-3-6-18(13-16)14-19-11-12-26-23(15-19)22-8-4-7-20-21-10-9-17(2)27-25(21)28-24(20)22/h3-13,15H,14H2,1-2H3/i1D3,2D3. The molecule has 0 saturated heterocycles. The summed E-state index contributed by atoms with van der Waals surface area (Å²) in [4.78, 5) is 8.75. The number of hydrogen-bond donors (Lipinski definition) is 0. The molecule has 0 aliphatic rings. The van der Waals surface area contributed by atoms with Gasteiger partial charge in [0.1, 0.15) is 5.58 Å². The Labute approximate surface area is 172 Å². The van der Waals surface area contributed by atoms with Crippen LogP contribution in [0.3, 0.4) is 0 Å². The van der Waals surface area contributed by atoms with Gasteiger partial charge in [-0.2, -0.15) is 0 Å². The van der Waals surface area contributed by atoms with Crippen LogP contribution in [0.1, 0.15) is 30.6 Å². The smallest absolute Gasteiger partial charge is 0.227 e. The van der Waals surface area contributed by atoms with Crippen molar-refractivity contribution in [2.24, 2.45) is 0 Å². The van der Waals surface area contributed by atoms with E-state index in [2.05, 4.69) is 9.97 Å². The molecule has 0 saturated carbocycles. The van der Waals surface area contributed by atoms with E-state index in [0.717, 1.165) is 27.5 Å². The summed E-state index contributed by atoms with van der Waals surface area (Å²) in [6, 6.07) is 19.8. The van der Waals surface area contributed by atoms with Crippen LogP contribution < -0.4 is 0 Å². The van der Waals surface area contributed by atoms with Crippen LogP contribution in [-0.4, -0.2) is 9.97 Å². The topological polar surface area (TPSA) is 38.9 Å². The molecular weight excluding hydrogens is 344 g/mol. The van der Waals surface area contributed by atoms with Gasteiger partial charge in [-0.25, -0.2) is 4.98 Å². The highest BCUT2D eigenvalue weighted by molar-refractivity contribution is 6.08. The molecule has 3 nitrogen and oxygen atoms in total. The Morgan fingerprint density at radius 1 is 0.893 bits per heavy atom. The molecule has 5 aromatic rings. The Bertz CT molecular complexity index is 1520. The van der Waals surface area contributed by atoms with E-state index in [4.69, 9.17) is 12.6 Å². The minimum atomic E-state index is -2.32. The summed E-state index contributed by atoms with van der Waals surface area (Å²) >= 11 is 0. The summed E-state index contributed by atoms with van der Waals surface area (Å²) in [5.41, 5.74) is 4.50. The molecule has 0 aliphatic carbocycles. The number of nitrogens with zero attached hydrogens (tertiary/aromatic N) is 2. The summed E-state index contributed by atoms with van der Waals surface area (Å²) in [6.07, 6.45) is 2.27. The molecule has 28 heavy (non-hydrogen) atoms. The molecule has 2 aromatic carbocycles. The maximum Gasteiger partial charge on any atom is 0.227 e. The summed E-state index contributed by atoms with van der Waals surface area (Å²) < 4.78 is 51.8. The normalized spacial score (nSPS) is 15.4. The zero-order valence-electron chi connectivity index (χ0n) is 20.9. The Balaban J connectivity index is 1.55. The third-order valence-corrected chi connectivity index (χ3v) is 4.80. The van der Waals surface area contributed by atoms with E-state index in [0.29, 0.717) is 23.3 Å². The Hall–Kier alpha value is -3.46. The molecule has 0 radical (unpaired) electrons. The number of hydrogen-bond acceptors (Lipinski definition) is 3. The lowest BCUT2D eigenvalue weighted by atomic mass is 10.0. The van der Waals surface area contributed by atoms with Gasteiger partial charge < -0.3 is 4.42 Å². The average molecular weight is 370 g/mol. The zero-order valence-corrected chi connectivity index (χ0v) is 14.9. The number of aromatic nitrogens is 2. The van der Waals surface area contributed by atoms with Crippen molar-refractivity contribution in [1.82, 2.24) is 9.97 Å². The number of benzene rings is 2. The summed E-state index contributed by atoms with van der Waals surface area (Å²) in [5.74, 6) is 0. The van der Waals surface area contributed by atoms with Crippen molar-refractivity contribution in [2.75, 3.05) is 0 Å². The predicted molar refractivity (Wildman–Crippen MR) is 113 cm³/mol. The molecule has 0 spiro atoms. The molecule has 5 rings (SSSR count). The largest absolute Gasteiger partial charge is 0.437 e. The van der Waals surface area contributed by atoms with Crippen LogP contribution in [0.25, 0.3) is 33.3 Å². The number of pyridine rings is 2. The quantitative estimate of drug-likeness (QED) is 0.377. The van der Waals surface area contributed by atoms with Crippen molar-refractivity contribution in [2.45, 2.75) is 20.1 Å². The van der Waals surface area contributed by atoms with Gasteiger partial charge in [0, 0.05) is 36.5 Å². The molecular formula is C25H20N2O. The van der Waals surface area contributed by atoms with E-state index in [1.165, 1.54) is 6.07 Å². The van der Waals surface area contributed by atoms with Gasteiger partial charge in [-0.3, -0.25) is 4.98 Å². The van der Waals surface area contributed by atoms with E-state index in [-0.39, 0.29) is 11.4 Å². The van der Waals surface area contributed by atoms with Gasteiger partial charge in [0.15, 0.2) is 0 Å². The molecule has 0 unspecified atom stereocenters. The number of aryl methyl sites for hydroxylation is 2. The fourth-order valence-electron chi connectivity index (χ4n) is 3.53. The Morgan fingerprint density at radius 3 is 2.75 bits per heavy atom. The highest BCUT2D eigenvalue weighted by Crippen LogP contribution is 2.34. The third kappa shape index (κ3) is 2.95. The van der Waals surface area contributed by atoms with E-state index < -0.39 is 13.7 Å². The van der Waals surface area contributed by atoms with Gasteiger partial charge in [-0.1, -0.05) is 42.0 Å². The summed E-state index contributed by atoms with van der Waals surface area (Å²) in [7, 11) is 0. The van der Waals surface area contributed by atoms with Crippen LogP contribution >= 0.6 is 0 Å². The van der Waals surface area contributed by atoms with Crippen LogP contribution in [0, 0.1) is 13.7 Å². The minimum absolute atomic E-state index is 0.0139. The predicted octanol–water partition coefficient (Wildman–Crippen LogP) is 6.25. The second kappa shape index (κ2) is 6.61. The fourth-order valence-corrected chi connectivity index (χ4v) is 3.53. The maximum atomic E-state index is 7.64. The van der Waals surface area contributed by atoms with Crippen molar-refractivity contribution in [1.29, 1.82) is 0 Å². The molecule has 3 heterocycles. The van der Waals surface area contributed by atoms with Gasteiger partial charge >= 0.3 is 0 Å². The van der Waals surface area contributed by atoms with Gasteiger partial charge in [-0.05, 0) is 61.6 Å². The first kappa shape index (κ1) is 11.4. The average Bonchev–Trinajstić information content (AvgIpc) is 3.16. The monoisotopic (exact) mass is 370 g/mol. The number of fused-ring (bicyclic) bond motifs is 3. The van der Waals surface area contributed by atoms with Gasteiger partial charge in [0.2, 0.25) is 5.71 Å². The first-order valence-corrected chi connectivity index (χ1v) is 8.97. The van der Waals surface area contributed by atoms with Gasteiger partial charge in [0.05, 0.1) is 5.69 Å². The third-order valence-electron chi connectivity index (χ3n) is 4.80. The molecule has 0 atom stereocenters. The first-order valence-electron chi connectivity index (χ1n) is 12.0. The van der Waals surface area contributed by atoms with Crippen molar-refractivity contribution in [3.05, 3.63) is 95.3 Å². The second-order valence-electron chi connectivity index (χ2n) is 6.76. The molecule has 0 fully saturated rings.